The summed E-state index contributed by atoms with van der Waals surface area (Å²) in [6.07, 6.45) is 0. The van der Waals surface area contributed by atoms with Crippen LogP contribution in [0, 0.1) is 0 Å². The summed E-state index contributed by atoms with van der Waals surface area (Å²) >= 11 is 9.53. The minimum atomic E-state index is -4.00. The molecule has 0 bridgehead atoms. The van der Waals surface area contributed by atoms with E-state index in [1.165, 1.54) is 11.7 Å². The smallest absolute Gasteiger partial charge is 0.273 e. The maximum absolute atomic E-state index is 11.6. The second-order valence-corrected chi connectivity index (χ2v) is 6.78. The minimum Gasteiger partial charge on any atom is -0.383 e. The summed E-state index contributed by atoms with van der Waals surface area (Å²) in [6, 6.07) is 5.24. The molecule has 0 unspecified atom stereocenters. The van der Waals surface area contributed by atoms with Crippen molar-refractivity contribution in [2.45, 2.75) is 11.7 Å². The standard InChI is InChI=1S/C11H12BrClN4O3S/c1-20-6-5-17-10(15-16-11(17)21(14,18)19)7-3-2-4-8(12)9(7)13/h2-4H,5-6H2,1H3,(H2,14,18,19). The molecule has 1 heterocycles. The van der Waals surface area contributed by atoms with Crippen LogP contribution in [0.15, 0.2) is 27.8 Å². The van der Waals surface area contributed by atoms with Gasteiger partial charge in [-0.1, -0.05) is 17.7 Å². The van der Waals surface area contributed by atoms with E-state index < -0.39 is 10.0 Å². The normalized spacial score (nSPS) is 11.8. The Balaban J connectivity index is 2.64. The molecule has 1 aromatic heterocycles. The number of methoxy groups -OCH3 is 1. The molecule has 0 aliphatic carbocycles. The lowest BCUT2D eigenvalue weighted by Gasteiger charge is -2.10. The summed E-state index contributed by atoms with van der Waals surface area (Å²) in [4.78, 5) is 0. The molecule has 2 aromatic rings. The van der Waals surface area contributed by atoms with Crippen LogP contribution in [0.25, 0.3) is 11.4 Å². The van der Waals surface area contributed by atoms with Crippen LogP contribution >= 0.6 is 27.5 Å². The number of benzene rings is 1. The molecule has 7 nitrogen and oxygen atoms in total. The van der Waals surface area contributed by atoms with Crippen molar-refractivity contribution in [1.82, 2.24) is 14.8 Å². The Bertz CT molecular complexity index is 763. The van der Waals surface area contributed by atoms with Crippen LogP contribution in [0.4, 0.5) is 0 Å². The number of hydrogen-bond acceptors (Lipinski definition) is 5. The van der Waals surface area contributed by atoms with E-state index in [-0.39, 0.29) is 18.3 Å². The lowest BCUT2D eigenvalue weighted by atomic mass is 10.2. The second kappa shape index (κ2) is 6.41. The number of halogens is 2. The van der Waals surface area contributed by atoms with Gasteiger partial charge < -0.3 is 4.74 Å². The quantitative estimate of drug-likeness (QED) is 0.830. The monoisotopic (exact) mass is 394 g/mol. The van der Waals surface area contributed by atoms with Crippen molar-refractivity contribution < 1.29 is 13.2 Å². The number of hydrogen-bond donors (Lipinski definition) is 1. The van der Waals surface area contributed by atoms with Crippen molar-refractivity contribution in [1.29, 1.82) is 0 Å². The predicted octanol–water partition coefficient (Wildman–Crippen LogP) is 1.65. The average Bonchev–Trinajstić information content (AvgIpc) is 2.83. The van der Waals surface area contributed by atoms with E-state index in [9.17, 15) is 8.42 Å². The molecule has 1 aromatic carbocycles. The van der Waals surface area contributed by atoms with E-state index in [0.29, 0.717) is 20.9 Å². The largest absolute Gasteiger partial charge is 0.383 e. The van der Waals surface area contributed by atoms with Crippen LogP contribution < -0.4 is 5.14 Å². The van der Waals surface area contributed by atoms with Gasteiger partial charge in [-0.05, 0) is 28.1 Å². The SMILES string of the molecule is COCCn1c(-c2cccc(Br)c2Cl)nnc1S(N)(=O)=O. The number of sulfonamides is 1. The predicted molar refractivity (Wildman–Crippen MR) is 81.4 cm³/mol. The molecule has 0 saturated heterocycles. The first-order valence-corrected chi connectivity index (χ1v) is 8.47. The van der Waals surface area contributed by atoms with Gasteiger partial charge in [0.05, 0.1) is 18.2 Å². The van der Waals surface area contributed by atoms with Crippen molar-refractivity contribution in [2.24, 2.45) is 5.14 Å². The molecular formula is C11H12BrClN4O3S. The van der Waals surface area contributed by atoms with E-state index in [2.05, 4.69) is 26.1 Å². The third-order valence-corrected chi connectivity index (χ3v) is 4.79. The highest BCUT2D eigenvalue weighted by atomic mass is 79.9. The lowest BCUT2D eigenvalue weighted by Crippen LogP contribution is -2.20. The Kier molecular flexibility index (Phi) is 4.99. The van der Waals surface area contributed by atoms with E-state index in [1.807, 2.05) is 0 Å². The Morgan fingerprint density at radius 3 is 2.76 bits per heavy atom. The van der Waals surface area contributed by atoms with Gasteiger partial charge in [0, 0.05) is 17.1 Å². The van der Waals surface area contributed by atoms with Crippen LogP contribution in [0.1, 0.15) is 0 Å². The van der Waals surface area contributed by atoms with E-state index in [0.717, 1.165) is 0 Å². The van der Waals surface area contributed by atoms with E-state index in [1.54, 1.807) is 18.2 Å². The third-order valence-electron chi connectivity index (χ3n) is 2.68. The van der Waals surface area contributed by atoms with Crippen molar-refractivity contribution in [3.8, 4) is 11.4 Å². The fraction of sp³-hybridized carbons (Fsp3) is 0.273. The zero-order chi connectivity index (χ0) is 15.6. The van der Waals surface area contributed by atoms with Crippen LogP contribution in [0.2, 0.25) is 5.02 Å². The summed E-state index contributed by atoms with van der Waals surface area (Å²) in [7, 11) is -2.49. The molecular weight excluding hydrogens is 384 g/mol. The Morgan fingerprint density at radius 1 is 1.43 bits per heavy atom. The molecule has 0 amide bonds. The van der Waals surface area contributed by atoms with Gasteiger partial charge in [-0.15, -0.1) is 10.2 Å². The van der Waals surface area contributed by atoms with Gasteiger partial charge in [0.15, 0.2) is 5.82 Å². The zero-order valence-electron chi connectivity index (χ0n) is 11.0. The van der Waals surface area contributed by atoms with Crippen LogP contribution in [-0.4, -0.2) is 36.9 Å². The molecule has 0 fully saturated rings. The molecule has 0 saturated carbocycles. The van der Waals surface area contributed by atoms with Crippen LogP contribution in [0.3, 0.4) is 0 Å². The first-order valence-electron chi connectivity index (χ1n) is 5.75. The highest BCUT2D eigenvalue weighted by Gasteiger charge is 2.23. The maximum atomic E-state index is 11.6. The summed E-state index contributed by atoms with van der Waals surface area (Å²) in [5.74, 6) is 0.308. The fourth-order valence-corrected chi connectivity index (χ4v) is 2.98. The number of rotatable bonds is 5. The molecule has 2 N–H and O–H groups in total. The van der Waals surface area contributed by atoms with Crippen LogP contribution in [-0.2, 0) is 21.3 Å². The van der Waals surface area contributed by atoms with Gasteiger partial charge in [0.2, 0.25) is 0 Å². The van der Waals surface area contributed by atoms with Crippen molar-refractivity contribution in [3.05, 3.63) is 27.7 Å². The zero-order valence-corrected chi connectivity index (χ0v) is 14.1. The number of nitrogens with zero attached hydrogens (tertiary/aromatic N) is 3. The highest BCUT2D eigenvalue weighted by molar-refractivity contribution is 9.10. The first-order chi connectivity index (χ1) is 9.86. The molecule has 0 spiro atoms. The van der Waals surface area contributed by atoms with Crippen LogP contribution in [0.5, 0.6) is 0 Å². The Morgan fingerprint density at radius 2 is 2.14 bits per heavy atom. The highest BCUT2D eigenvalue weighted by Crippen LogP contribution is 2.33. The Labute approximate surface area is 135 Å². The van der Waals surface area contributed by atoms with Crippen molar-refractivity contribution >= 4 is 37.6 Å². The Hall–Kier alpha value is -1.00. The van der Waals surface area contributed by atoms with Crippen molar-refractivity contribution in [3.63, 3.8) is 0 Å². The number of aromatic nitrogens is 3. The summed E-state index contributed by atoms with van der Waals surface area (Å²) in [6.45, 7) is 0.507. The summed E-state index contributed by atoms with van der Waals surface area (Å²) in [5.41, 5.74) is 0.546. The topological polar surface area (TPSA) is 100 Å². The minimum absolute atomic E-state index is 0.230. The molecule has 0 aliphatic rings. The van der Waals surface area contributed by atoms with Gasteiger partial charge in [-0.2, -0.15) is 0 Å². The van der Waals surface area contributed by atoms with Gasteiger partial charge in [0.1, 0.15) is 0 Å². The molecule has 0 radical (unpaired) electrons. The molecule has 21 heavy (non-hydrogen) atoms. The molecule has 0 atom stereocenters. The van der Waals surface area contributed by atoms with Crippen molar-refractivity contribution in [2.75, 3.05) is 13.7 Å². The lowest BCUT2D eigenvalue weighted by molar-refractivity contribution is 0.185. The molecule has 0 aliphatic heterocycles. The van der Waals surface area contributed by atoms with Gasteiger partial charge in [0.25, 0.3) is 15.2 Å². The average molecular weight is 396 g/mol. The van der Waals surface area contributed by atoms with Gasteiger partial charge in [-0.3, -0.25) is 4.57 Å². The van der Waals surface area contributed by atoms with E-state index >= 15 is 0 Å². The first kappa shape index (κ1) is 16.4. The van der Waals surface area contributed by atoms with Gasteiger partial charge in [-0.25, -0.2) is 13.6 Å². The number of ether oxygens (including phenoxy) is 1. The summed E-state index contributed by atoms with van der Waals surface area (Å²) < 4.78 is 30.2. The number of primary sulfonamides is 1. The van der Waals surface area contributed by atoms with Gasteiger partial charge >= 0.3 is 0 Å². The van der Waals surface area contributed by atoms with E-state index in [4.69, 9.17) is 21.5 Å². The summed E-state index contributed by atoms with van der Waals surface area (Å²) in [5, 5.41) is 12.8. The second-order valence-electron chi connectivity index (χ2n) is 4.10. The molecule has 10 heteroatoms. The third kappa shape index (κ3) is 3.43. The maximum Gasteiger partial charge on any atom is 0.273 e. The fourth-order valence-electron chi connectivity index (χ4n) is 1.76. The number of nitrogens with two attached hydrogens (primary N) is 1. The molecule has 114 valence electrons. The molecule has 2 rings (SSSR count).